The number of carbonyl (C=O) groups is 1. The number of benzene rings is 2. The van der Waals surface area contributed by atoms with Crippen LogP contribution in [0.3, 0.4) is 0 Å². The largest absolute Gasteiger partial charge is 0.497 e. The van der Waals surface area contributed by atoms with Crippen LogP contribution in [0, 0.1) is 0 Å². The highest BCUT2D eigenvalue weighted by Gasteiger charge is 2.04. The normalized spacial score (nSPS) is 9.75. The highest BCUT2D eigenvalue weighted by molar-refractivity contribution is 9.10. The number of anilines is 1. The molecule has 0 aliphatic rings. The summed E-state index contributed by atoms with van der Waals surface area (Å²) in [6.07, 6.45) is 0. The lowest BCUT2D eigenvalue weighted by Crippen LogP contribution is -2.45. The second-order valence-corrected chi connectivity index (χ2v) is 5.92. The summed E-state index contributed by atoms with van der Waals surface area (Å²) in [5.74, 6) is 1.00. The maximum absolute atomic E-state index is 11.7. The summed E-state index contributed by atoms with van der Waals surface area (Å²) >= 11 is 8.42. The molecular formula is C16H16BrN3O3S. The van der Waals surface area contributed by atoms with Gasteiger partial charge >= 0.3 is 0 Å². The van der Waals surface area contributed by atoms with Crippen LogP contribution in [0.4, 0.5) is 5.69 Å². The molecule has 0 fully saturated rings. The average molecular weight is 410 g/mol. The Bertz CT molecular complexity index is 693. The molecule has 8 heteroatoms. The molecule has 3 N–H and O–H groups in total. The third kappa shape index (κ3) is 6.05. The molecule has 2 aromatic carbocycles. The number of rotatable bonds is 5. The van der Waals surface area contributed by atoms with E-state index < -0.39 is 0 Å². The van der Waals surface area contributed by atoms with Crippen LogP contribution in [-0.4, -0.2) is 24.7 Å². The lowest BCUT2D eigenvalue weighted by Gasteiger charge is -2.12. The molecule has 0 radical (unpaired) electrons. The van der Waals surface area contributed by atoms with Gasteiger partial charge < -0.3 is 14.8 Å². The fraction of sp³-hybridized carbons (Fsp3) is 0.125. The number of amides is 1. The van der Waals surface area contributed by atoms with E-state index in [0.29, 0.717) is 5.75 Å². The fourth-order valence-corrected chi connectivity index (χ4v) is 2.11. The fourth-order valence-electron chi connectivity index (χ4n) is 1.68. The Balaban J connectivity index is 1.70. The van der Waals surface area contributed by atoms with Gasteiger partial charge in [0.05, 0.1) is 7.11 Å². The number of hydrazine groups is 1. The van der Waals surface area contributed by atoms with Crippen LogP contribution in [0.2, 0.25) is 0 Å². The quantitative estimate of drug-likeness (QED) is 0.520. The summed E-state index contributed by atoms with van der Waals surface area (Å²) < 4.78 is 11.4. The molecule has 0 atom stereocenters. The van der Waals surface area contributed by atoms with E-state index in [1.54, 1.807) is 31.4 Å². The van der Waals surface area contributed by atoms with Crippen molar-refractivity contribution in [2.75, 3.05) is 19.0 Å². The molecule has 24 heavy (non-hydrogen) atoms. The zero-order chi connectivity index (χ0) is 17.4. The second-order valence-electron chi connectivity index (χ2n) is 4.60. The van der Waals surface area contributed by atoms with E-state index in [1.165, 1.54) is 0 Å². The Morgan fingerprint density at radius 1 is 1.04 bits per heavy atom. The van der Waals surface area contributed by atoms with Gasteiger partial charge in [-0.15, -0.1) is 0 Å². The highest BCUT2D eigenvalue weighted by atomic mass is 79.9. The third-order valence-corrected chi connectivity index (χ3v) is 3.58. The van der Waals surface area contributed by atoms with Gasteiger partial charge in [0.15, 0.2) is 11.7 Å². The summed E-state index contributed by atoms with van der Waals surface area (Å²) in [5.41, 5.74) is 5.83. The number of carbonyl (C=O) groups excluding carboxylic acids is 1. The maximum atomic E-state index is 11.7. The Morgan fingerprint density at radius 2 is 1.67 bits per heavy atom. The smallest absolute Gasteiger partial charge is 0.276 e. The predicted octanol–water partition coefficient (Wildman–Crippen LogP) is 2.85. The average Bonchev–Trinajstić information content (AvgIpc) is 2.60. The number of ether oxygens (including phenoxy) is 2. The van der Waals surface area contributed by atoms with Gasteiger partial charge in [-0.3, -0.25) is 15.6 Å². The standard InChI is InChI=1S/C16H16BrN3O3S/c1-22-13-8-4-12(5-9-13)18-16(24)20-19-15(21)10-23-14-6-2-11(17)3-7-14/h2-9H,10H2,1H3,(H,19,21)(H2,18,20,24). The van der Waals surface area contributed by atoms with E-state index in [4.69, 9.17) is 21.7 Å². The summed E-state index contributed by atoms with van der Waals surface area (Å²) in [6.45, 7) is -0.125. The molecule has 0 saturated heterocycles. The topological polar surface area (TPSA) is 71.6 Å². The van der Waals surface area contributed by atoms with E-state index >= 15 is 0 Å². The van der Waals surface area contributed by atoms with Crippen molar-refractivity contribution < 1.29 is 14.3 Å². The summed E-state index contributed by atoms with van der Waals surface area (Å²) in [6, 6.07) is 14.4. The first-order valence-electron chi connectivity index (χ1n) is 6.95. The predicted molar refractivity (Wildman–Crippen MR) is 100 cm³/mol. The van der Waals surface area contributed by atoms with Crippen molar-refractivity contribution in [3.05, 3.63) is 53.0 Å². The van der Waals surface area contributed by atoms with Crippen LogP contribution in [-0.2, 0) is 4.79 Å². The van der Waals surface area contributed by atoms with Crippen LogP contribution >= 0.6 is 28.1 Å². The first kappa shape index (κ1) is 18.0. The van der Waals surface area contributed by atoms with Gasteiger partial charge in [-0.2, -0.15) is 0 Å². The van der Waals surface area contributed by atoms with Crippen molar-refractivity contribution in [3.63, 3.8) is 0 Å². The van der Waals surface area contributed by atoms with Gasteiger partial charge in [-0.05, 0) is 60.7 Å². The van der Waals surface area contributed by atoms with E-state index in [0.717, 1.165) is 15.9 Å². The van der Waals surface area contributed by atoms with Crippen LogP contribution in [0.15, 0.2) is 53.0 Å². The molecule has 2 aromatic rings. The maximum Gasteiger partial charge on any atom is 0.276 e. The minimum Gasteiger partial charge on any atom is -0.497 e. The number of hydrogen-bond donors (Lipinski definition) is 3. The Labute approximate surface area is 153 Å². The molecule has 0 unspecified atom stereocenters. The van der Waals surface area contributed by atoms with Gasteiger partial charge in [-0.25, -0.2) is 0 Å². The Morgan fingerprint density at radius 3 is 2.29 bits per heavy atom. The Kier molecular flexibility index (Phi) is 6.83. The van der Waals surface area contributed by atoms with Crippen molar-refractivity contribution in [3.8, 4) is 11.5 Å². The molecule has 0 aliphatic heterocycles. The second kappa shape index (κ2) is 9.09. The van der Waals surface area contributed by atoms with Crippen molar-refractivity contribution in [1.82, 2.24) is 10.9 Å². The zero-order valence-electron chi connectivity index (χ0n) is 12.8. The summed E-state index contributed by atoms with van der Waals surface area (Å²) in [5, 5.41) is 3.19. The monoisotopic (exact) mass is 409 g/mol. The molecule has 0 bridgehead atoms. The molecule has 1 amide bonds. The van der Waals surface area contributed by atoms with Crippen LogP contribution in [0.1, 0.15) is 0 Å². The van der Waals surface area contributed by atoms with Crippen LogP contribution < -0.4 is 25.6 Å². The molecule has 2 rings (SSSR count). The molecule has 126 valence electrons. The third-order valence-electron chi connectivity index (χ3n) is 2.85. The minimum absolute atomic E-state index is 0.125. The number of nitrogens with one attached hydrogen (secondary N) is 3. The van der Waals surface area contributed by atoms with Crippen LogP contribution in [0.25, 0.3) is 0 Å². The lowest BCUT2D eigenvalue weighted by atomic mass is 10.3. The molecule has 6 nitrogen and oxygen atoms in total. The van der Waals surface area contributed by atoms with Gasteiger partial charge in [0.2, 0.25) is 0 Å². The van der Waals surface area contributed by atoms with Crippen molar-refractivity contribution in [2.24, 2.45) is 0 Å². The number of hydrogen-bond acceptors (Lipinski definition) is 4. The first-order chi connectivity index (χ1) is 11.6. The number of methoxy groups -OCH3 is 1. The number of halogens is 1. The number of thiocarbonyl (C=S) groups is 1. The summed E-state index contributed by atoms with van der Waals surface area (Å²) in [4.78, 5) is 11.7. The lowest BCUT2D eigenvalue weighted by molar-refractivity contribution is -0.123. The summed E-state index contributed by atoms with van der Waals surface area (Å²) in [7, 11) is 1.60. The molecule has 0 aromatic heterocycles. The Hall–Kier alpha value is -2.32. The van der Waals surface area contributed by atoms with Gasteiger partial charge in [0.1, 0.15) is 11.5 Å². The first-order valence-corrected chi connectivity index (χ1v) is 8.15. The van der Waals surface area contributed by atoms with E-state index in [9.17, 15) is 4.79 Å². The van der Waals surface area contributed by atoms with Gasteiger partial charge in [0, 0.05) is 10.2 Å². The van der Waals surface area contributed by atoms with E-state index in [1.807, 2.05) is 24.3 Å². The van der Waals surface area contributed by atoms with Gasteiger partial charge in [0.25, 0.3) is 5.91 Å². The zero-order valence-corrected chi connectivity index (χ0v) is 15.2. The minimum atomic E-state index is -0.350. The molecule has 0 saturated carbocycles. The highest BCUT2D eigenvalue weighted by Crippen LogP contribution is 2.16. The molecular weight excluding hydrogens is 394 g/mol. The van der Waals surface area contributed by atoms with Gasteiger partial charge in [-0.1, -0.05) is 15.9 Å². The molecule has 0 aliphatic carbocycles. The van der Waals surface area contributed by atoms with E-state index in [-0.39, 0.29) is 17.6 Å². The van der Waals surface area contributed by atoms with Crippen molar-refractivity contribution >= 4 is 44.9 Å². The van der Waals surface area contributed by atoms with Crippen molar-refractivity contribution in [1.29, 1.82) is 0 Å². The molecule has 0 heterocycles. The van der Waals surface area contributed by atoms with E-state index in [2.05, 4.69) is 32.1 Å². The SMILES string of the molecule is COc1ccc(NC(=S)NNC(=O)COc2ccc(Br)cc2)cc1. The van der Waals surface area contributed by atoms with Crippen LogP contribution in [0.5, 0.6) is 11.5 Å². The molecule has 0 spiro atoms. The van der Waals surface area contributed by atoms with Crippen molar-refractivity contribution in [2.45, 2.75) is 0 Å².